The van der Waals surface area contributed by atoms with Crippen LogP contribution in [0.25, 0.3) is 0 Å². The summed E-state index contributed by atoms with van der Waals surface area (Å²) in [5.41, 5.74) is 0. The summed E-state index contributed by atoms with van der Waals surface area (Å²) in [7, 11) is 1.74. The van der Waals surface area contributed by atoms with Crippen molar-refractivity contribution in [2.45, 2.75) is 39.7 Å². The molecular weight excluding hydrogens is 150 g/mol. The highest BCUT2D eigenvalue weighted by molar-refractivity contribution is 4.62. The largest absolute Gasteiger partial charge is 0.383 e. The molecule has 0 aliphatic heterocycles. The molecule has 0 aromatic carbocycles. The minimum absolute atomic E-state index is 0.481. The predicted molar refractivity (Wildman–Crippen MR) is 53.4 cm³/mol. The van der Waals surface area contributed by atoms with Gasteiger partial charge in [-0.25, -0.2) is 0 Å². The Morgan fingerprint density at radius 3 is 2.50 bits per heavy atom. The molecule has 1 N–H and O–H groups in total. The number of ether oxygens (including phenoxy) is 1. The molecule has 0 heterocycles. The first-order valence-electron chi connectivity index (χ1n) is 4.93. The van der Waals surface area contributed by atoms with Crippen molar-refractivity contribution in [1.82, 2.24) is 5.32 Å². The third-order valence-electron chi connectivity index (χ3n) is 2.01. The first kappa shape index (κ1) is 11.9. The van der Waals surface area contributed by atoms with Crippen LogP contribution in [0, 0.1) is 5.92 Å². The van der Waals surface area contributed by atoms with E-state index in [2.05, 4.69) is 26.1 Å². The van der Waals surface area contributed by atoms with Crippen molar-refractivity contribution in [1.29, 1.82) is 0 Å². The van der Waals surface area contributed by atoms with Gasteiger partial charge in [-0.3, -0.25) is 0 Å². The fraction of sp³-hybridized carbons (Fsp3) is 1.00. The minimum atomic E-state index is 0.481. The number of hydrogen-bond acceptors (Lipinski definition) is 2. The van der Waals surface area contributed by atoms with Crippen LogP contribution in [0.15, 0.2) is 0 Å². The maximum atomic E-state index is 5.03. The molecule has 0 aliphatic rings. The summed E-state index contributed by atoms with van der Waals surface area (Å²) in [5, 5.41) is 3.44. The molecule has 0 aliphatic carbocycles. The van der Waals surface area contributed by atoms with Crippen molar-refractivity contribution in [3.8, 4) is 0 Å². The zero-order valence-electron chi connectivity index (χ0n) is 8.89. The topological polar surface area (TPSA) is 21.3 Å². The lowest BCUT2D eigenvalue weighted by Crippen LogP contribution is -2.33. The van der Waals surface area contributed by atoms with Crippen LogP contribution in [-0.2, 0) is 4.74 Å². The van der Waals surface area contributed by atoms with Crippen LogP contribution in [0.1, 0.15) is 33.6 Å². The molecule has 0 amide bonds. The van der Waals surface area contributed by atoms with Gasteiger partial charge in [0.15, 0.2) is 0 Å². The normalized spacial score (nSPS) is 16.0. The zero-order chi connectivity index (χ0) is 9.40. The Kier molecular flexibility index (Phi) is 7.51. The summed E-state index contributed by atoms with van der Waals surface area (Å²) in [6.07, 6.45) is 2.59. The van der Waals surface area contributed by atoms with Gasteiger partial charge in [0.1, 0.15) is 0 Å². The van der Waals surface area contributed by atoms with E-state index in [-0.39, 0.29) is 0 Å². The van der Waals surface area contributed by atoms with Crippen molar-refractivity contribution in [2.75, 3.05) is 20.3 Å². The average Bonchev–Trinajstić information content (AvgIpc) is 2.02. The van der Waals surface area contributed by atoms with E-state index in [0.29, 0.717) is 6.04 Å². The van der Waals surface area contributed by atoms with E-state index >= 15 is 0 Å². The summed E-state index contributed by atoms with van der Waals surface area (Å²) in [4.78, 5) is 0. The maximum Gasteiger partial charge on any atom is 0.0613 e. The lowest BCUT2D eigenvalue weighted by atomic mass is 10.1. The standard InChI is InChI=1S/C10H23NO/c1-5-6-9(2)7-11-10(3)8-12-4/h9-11H,5-8H2,1-4H3. The van der Waals surface area contributed by atoms with Gasteiger partial charge >= 0.3 is 0 Å². The monoisotopic (exact) mass is 173 g/mol. The lowest BCUT2D eigenvalue weighted by molar-refractivity contribution is 0.170. The molecule has 2 unspecified atom stereocenters. The summed E-state index contributed by atoms with van der Waals surface area (Å²) in [6, 6.07) is 0.481. The molecule has 0 aromatic rings. The van der Waals surface area contributed by atoms with E-state index in [1.165, 1.54) is 12.8 Å². The van der Waals surface area contributed by atoms with E-state index in [9.17, 15) is 0 Å². The predicted octanol–water partition coefficient (Wildman–Crippen LogP) is 2.05. The second-order valence-corrected chi connectivity index (χ2v) is 3.66. The van der Waals surface area contributed by atoms with Gasteiger partial charge in [0, 0.05) is 13.2 Å². The molecule has 12 heavy (non-hydrogen) atoms. The van der Waals surface area contributed by atoms with E-state index in [0.717, 1.165) is 19.1 Å². The molecule has 0 saturated carbocycles. The van der Waals surface area contributed by atoms with Gasteiger partial charge < -0.3 is 10.1 Å². The lowest BCUT2D eigenvalue weighted by Gasteiger charge is -2.16. The molecule has 0 radical (unpaired) electrons. The molecule has 2 heteroatoms. The maximum absolute atomic E-state index is 5.03. The quantitative estimate of drug-likeness (QED) is 0.636. The van der Waals surface area contributed by atoms with Gasteiger partial charge in [0.05, 0.1) is 6.61 Å². The zero-order valence-corrected chi connectivity index (χ0v) is 8.89. The van der Waals surface area contributed by atoms with Gasteiger partial charge in [0.25, 0.3) is 0 Å². The minimum Gasteiger partial charge on any atom is -0.383 e. The molecule has 0 spiro atoms. The van der Waals surface area contributed by atoms with Gasteiger partial charge in [-0.15, -0.1) is 0 Å². The van der Waals surface area contributed by atoms with E-state index in [1.54, 1.807) is 7.11 Å². The third-order valence-corrected chi connectivity index (χ3v) is 2.01. The molecule has 0 aromatic heterocycles. The molecule has 74 valence electrons. The summed E-state index contributed by atoms with van der Waals surface area (Å²) in [6.45, 7) is 8.59. The second-order valence-electron chi connectivity index (χ2n) is 3.66. The highest BCUT2D eigenvalue weighted by atomic mass is 16.5. The Balaban J connectivity index is 3.27. The van der Waals surface area contributed by atoms with Crippen LogP contribution >= 0.6 is 0 Å². The van der Waals surface area contributed by atoms with Crippen LogP contribution in [-0.4, -0.2) is 26.3 Å². The van der Waals surface area contributed by atoms with Crippen LogP contribution in [0.3, 0.4) is 0 Å². The Hall–Kier alpha value is -0.0800. The Labute approximate surface area is 76.7 Å². The van der Waals surface area contributed by atoms with Crippen molar-refractivity contribution in [2.24, 2.45) is 5.92 Å². The number of methoxy groups -OCH3 is 1. The molecular formula is C10H23NO. The fourth-order valence-corrected chi connectivity index (χ4v) is 1.31. The summed E-state index contributed by atoms with van der Waals surface area (Å²) >= 11 is 0. The molecule has 0 saturated heterocycles. The van der Waals surface area contributed by atoms with Gasteiger partial charge in [-0.2, -0.15) is 0 Å². The Bertz CT molecular complexity index is 83.8. The third kappa shape index (κ3) is 6.62. The van der Waals surface area contributed by atoms with Gasteiger partial charge in [-0.1, -0.05) is 20.3 Å². The molecule has 0 bridgehead atoms. The van der Waals surface area contributed by atoms with E-state index in [1.807, 2.05) is 0 Å². The van der Waals surface area contributed by atoms with Crippen LogP contribution in [0.2, 0.25) is 0 Å². The van der Waals surface area contributed by atoms with Gasteiger partial charge in [0.2, 0.25) is 0 Å². The molecule has 0 fully saturated rings. The van der Waals surface area contributed by atoms with Crippen molar-refractivity contribution in [3.05, 3.63) is 0 Å². The van der Waals surface area contributed by atoms with Crippen molar-refractivity contribution >= 4 is 0 Å². The number of hydrogen-bond donors (Lipinski definition) is 1. The van der Waals surface area contributed by atoms with Crippen LogP contribution in [0.5, 0.6) is 0 Å². The van der Waals surface area contributed by atoms with Crippen LogP contribution < -0.4 is 5.32 Å². The van der Waals surface area contributed by atoms with E-state index < -0.39 is 0 Å². The first-order chi connectivity index (χ1) is 5.70. The Morgan fingerprint density at radius 2 is 2.00 bits per heavy atom. The number of nitrogens with one attached hydrogen (secondary N) is 1. The highest BCUT2D eigenvalue weighted by Crippen LogP contribution is 2.02. The average molecular weight is 173 g/mol. The SMILES string of the molecule is CCCC(C)CNC(C)COC. The van der Waals surface area contributed by atoms with Crippen molar-refractivity contribution in [3.63, 3.8) is 0 Å². The highest BCUT2D eigenvalue weighted by Gasteiger charge is 2.03. The molecule has 0 rings (SSSR count). The molecule has 2 nitrogen and oxygen atoms in total. The summed E-state index contributed by atoms with van der Waals surface area (Å²) in [5.74, 6) is 0.786. The van der Waals surface area contributed by atoms with Crippen LogP contribution in [0.4, 0.5) is 0 Å². The Morgan fingerprint density at radius 1 is 1.33 bits per heavy atom. The first-order valence-corrected chi connectivity index (χ1v) is 4.93. The second kappa shape index (κ2) is 7.56. The van der Waals surface area contributed by atoms with Gasteiger partial charge in [-0.05, 0) is 25.8 Å². The summed E-state index contributed by atoms with van der Waals surface area (Å²) < 4.78 is 5.03. The number of rotatable bonds is 7. The smallest absolute Gasteiger partial charge is 0.0613 e. The van der Waals surface area contributed by atoms with E-state index in [4.69, 9.17) is 4.74 Å². The van der Waals surface area contributed by atoms with Crippen molar-refractivity contribution < 1.29 is 4.74 Å². The fourth-order valence-electron chi connectivity index (χ4n) is 1.31. The molecule has 2 atom stereocenters.